The van der Waals surface area contributed by atoms with Crippen molar-refractivity contribution >= 4 is 0 Å². The van der Waals surface area contributed by atoms with E-state index < -0.39 is 11.9 Å². The van der Waals surface area contributed by atoms with Crippen LogP contribution >= 0.6 is 0 Å². The Morgan fingerprint density at radius 1 is 1.30 bits per heavy atom. The molecule has 0 aliphatic rings. The molecule has 0 amide bonds. The van der Waals surface area contributed by atoms with Gasteiger partial charge in [0.25, 0.3) is 0 Å². The zero-order chi connectivity index (χ0) is 8.78. The average molecular weight is 151 g/mol. The second-order valence-electron chi connectivity index (χ2n) is 2.89. The fourth-order valence-corrected chi connectivity index (χ4v) is 0. The van der Waals surface area contributed by atoms with Crippen LogP contribution in [0.3, 0.4) is 0 Å². The summed E-state index contributed by atoms with van der Waals surface area (Å²) in [5.74, 6) is 0. The molecule has 5 N–H and O–H groups in total. The summed E-state index contributed by atoms with van der Waals surface area (Å²) in [6.07, 6.45) is -1.34. The van der Waals surface area contributed by atoms with E-state index in [1.165, 1.54) is 0 Å². The van der Waals surface area contributed by atoms with E-state index in [9.17, 15) is 0 Å². The molecule has 0 spiro atoms. The minimum Gasteiger partial charge on any atom is -0.391 e. The molecule has 0 bridgehead atoms. The Morgan fingerprint density at radius 3 is 1.40 bits per heavy atom. The Hall–Kier alpha value is -0.160. The van der Waals surface area contributed by atoms with Gasteiger partial charge in [0.05, 0.1) is 5.60 Å². The van der Waals surface area contributed by atoms with Gasteiger partial charge < -0.3 is 21.1 Å². The highest BCUT2D eigenvalue weighted by Crippen LogP contribution is 1.93. The van der Waals surface area contributed by atoms with Crippen molar-refractivity contribution in [1.82, 2.24) is 0 Å². The molecule has 0 radical (unpaired) electrons. The Bertz CT molecular complexity index is 61.9. The molecule has 0 rings (SSSR count). The smallest absolute Gasteiger partial charge is 0.163 e. The van der Waals surface area contributed by atoms with Crippen LogP contribution in [0.25, 0.3) is 0 Å². The first kappa shape index (κ1) is 12.5. The van der Waals surface area contributed by atoms with Crippen molar-refractivity contribution in [2.75, 3.05) is 6.54 Å². The van der Waals surface area contributed by atoms with Crippen molar-refractivity contribution in [1.29, 1.82) is 0 Å². The summed E-state index contributed by atoms with van der Waals surface area (Å²) in [5, 5.41) is 24.1. The predicted octanol–water partition coefficient (Wildman–Crippen LogP) is -0.967. The number of aliphatic hydroxyl groups is 3. The van der Waals surface area contributed by atoms with E-state index >= 15 is 0 Å². The molecule has 0 saturated carbocycles. The molecular formula is C6H17NO3. The molecule has 0 aliphatic carbocycles. The van der Waals surface area contributed by atoms with Crippen LogP contribution in [0, 0.1) is 0 Å². The lowest BCUT2D eigenvalue weighted by atomic mass is 10.2. The van der Waals surface area contributed by atoms with Crippen molar-refractivity contribution in [3.63, 3.8) is 0 Å². The molecule has 0 aromatic carbocycles. The molecule has 0 atom stereocenters. The quantitative estimate of drug-likeness (QED) is 0.363. The van der Waals surface area contributed by atoms with Crippen molar-refractivity contribution in [2.24, 2.45) is 5.73 Å². The van der Waals surface area contributed by atoms with E-state index in [1.807, 2.05) is 0 Å². The SMILES string of the molecule is CC(C)(C)O.NCC(O)O. The van der Waals surface area contributed by atoms with Gasteiger partial charge >= 0.3 is 0 Å². The Kier molecular flexibility index (Phi) is 7.02. The van der Waals surface area contributed by atoms with Crippen LogP contribution in [0.2, 0.25) is 0 Å². The second-order valence-corrected chi connectivity index (χ2v) is 2.89. The topological polar surface area (TPSA) is 86.7 Å². The van der Waals surface area contributed by atoms with Crippen LogP contribution < -0.4 is 5.73 Å². The van der Waals surface area contributed by atoms with E-state index in [4.69, 9.17) is 15.3 Å². The Morgan fingerprint density at radius 2 is 1.40 bits per heavy atom. The molecule has 4 nitrogen and oxygen atoms in total. The summed E-state index contributed by atoms with van der Waals surface area (Å²) in [4.78, 5) is 0. The van der Waals surface area contributed by atoms with Gasteiger partial charge in [-0.1, -0.05) is 0 Å². The molecule has 0 fully saturated rings. The minimum absolute atomic E-state index is 0.0833. The zero-order valence-electron chi connectivity index (χ0n) is 6.70. The number of rotatable bonds is 1. The summed E-state index contributed by atoms with van der Waals surface area (Å²) < 4.78 is 0. The maximum atomic E-state index is 8.52. The van der Waals surface area contributed by atoms with Gasteiger partial charge in [-0.3, -0.25) is 0 Å². The standard InChI is InChI=1S/C4H10O.C2H7NO2/c1-4(2,3)5;3-1-2(4)5/h5H,1-3H3;2,4-5H,1,3H2. The lowest BCUT2D eigenvalue weighted by Crippen LogP contribution is -2.17. The summed E-state index contributed by atoms with van der Waals surface area (Å²) in [7, 11) is 0. The van der Waals surface area contributed by atoms with Gasteiger partial charge in [0.15, 0.2) is 6.29 Å². The Balaban J connectivity index is 0. The van der Waals surface area contributed by atoms with Crippen molar-refractivity contribution < 1.29 is 15.3 Å². The molecule has 0 unspecified atom stereocenters. The number of hydrogen-bond acceptors (Lipinski definition) is 4. The lowest BCUT2D eigenvalue weighted by molar-refractivity contribution is -0.0309. The van der Waals surface area contributed by atoms with Crippen molar-refractivity contribution in [3.8, 4) is 0 Å². The zero-order valence-corrected chi connectivity index (χ0v) is 6.70. The van der Waals surface area contributed by atoms with Crippen LogP contribution in [0.1, 0.15) is 20.8 Å². The van der Waals surface area contributed by atoms with Crippen LogP contribution in [0.4, 0.5) is 0 Å². The molecule has 64 valence electrons. The third-order valence-corrected chi connectivity index (χ3v) is 0.211. The average Bonchev–Trinajstić information content (AvgIpc) is 1.61. The molecule has 0 aliphatic heterocycles. The molecule has 10 heavy (non-hydrogen) atoms. The molecule has 0 aromatic heterocycles. The van der Waals surface area contributed by atoms with E-state index in [1.54, 1.807) is 20.8 Å². The molecule has 0 heterocycles. The summed E-state index contributed by atoms with van der Waals surface area (Å²) in [6.45, 7) is 5.15. The van der Waals surface area contributed by atoms with Gasteiger partial charge in [-0.25, -0.2) is 0 Å². The minimum atomic E-state index is -1.34. The normalized spacial score (nSPS) is 10.8. The van der Waals surface area contributed by atoms with Gasteiger partial charge in [0.1, 0.15) is 0 Å². The van der Waals surface area contributed by atoms with Crippen LogP contribution in [-0.4, -0.2) is 33.8 Å². The molecular weight excluding hydrogens is 134 g/mol. The fourth-order valence-electron chi connectivity index (χ4n) is 0. The number of hydrogen-bond donors (Lipinski definition) is 4. The Labute approximate surface area is 61.3 Å². The number of aliphatic hydroxyl groups excluding tert-OH is 1. The summed E-state index contributed by atoms with van der Waals surface area (Å²) in [6, 6.07) is 0. The van der Waals surface area contributed by atoms with E-state index in [-0.39, 0.29) is 6.54 Å². The highest BCUT2D eigenvalue weighted by atomic mass is 16.5. The van der Waals surface area contributed by atoms with Crippen molar-refractivity contribution in [2.45, 2.75) is 32.7 Å². The third-order valence-electron chi connectivity index (χ3n) is 0.211. The molecule has 0 aromatic rings. The first-order valence-corrected chi connectivity index (χ1v) is 3.06. The second kappa shape index (κ2) is 5.61. The first-order chi connectivity index (χ1) is 4.27. The van der Waals surface area contributed by atoms with Gasteiger partial charge in [-0.15, -0.1) is 0 Å². The van der Waals surface area contributed by atoms with Crippen LogP contribution in [0.15, 0.2) is 0 Å². The fraction of sp³-hybridized carbons (Fsp3) is 1.00. The predicted molar refractivity (Wildman–Crippen MR) is 39.3 cm³/mol. The maximum absolute atomic E-state index is 8.52. The molecule has 0 saturated heterocycles. The van der Waals surface area contributed by atoms with Crippen molar-refractivity contribution in [3.05, 3.63) is 0 Å². The highest BCUT2D eigenvalue weighted by Gasteiger charge is 1.97. The van der Waals surface area contributed by atoms with Gasteiger partial charge in [0, 0.05) is 6.54 Å². The van der Waals surface area contributed by atoms with Gasteiger partial charge in [-0.2, -0.15) is 0 Å². The van der Waals surface area contributed by atoms with Gasteiger partial charge in [-0.05, 0) is 20.8 Å². The molecule has 4 heteroatoms. The maximum Gasteiger partial charge on any atom is 0.163 e. The van der Waals surface area contributed by atoms with E-state index in [0.717, 1.165) is 0 Å². The first-order valence-electron chi connectivity index (χ1n) is 3.06. The van der Waals surface area contributed by atoms with E-state index in [2.05, 4.69) is 5.73 Å². The monoisotopic (exact) mass is 151 g/mol. The third kappa shape index (κ3) is 108. The lowest BCUT2D eigenvalue weighted by Gasteiger charge is -2.04. The summed E-state index contributed by atoms with van der Waals surface area (Å²) >= 11 is 0. The van der Waals surface area contributed by atoms with Gasteiger partial charge in [0.2, 0.25) is 0 Å². The van der Waals surface area contributed by atoms with Crippen LogP contribution in [-0.2, 0) is 0 Å². The van der Waals surface area contributed by atoms with Crippen LogP contribution in [0.5, 0.6) is 0 Å². The highest BCUT2D eigenvalue weighted by molar-refractivity contribution is 4.50. The largest absolute Gasteiger partial charge is 0.391 e. The summed E-state index contributed by atoms with van der Waals surface area (Å²) in [5.41, 5.74) is 4.17. The van der Waals surface area contributed by atoms with E-state index in [0.29, 0.717) is 0 Å². The number of nitrogens with two attached hydrogens (primary N) is 1.